The number of imidazole rings is 1. The van der Waals surface area contributed by atoms with E-state index >= 15 is 0 Å². The Morgan fingerprint density at radius 3 is 2.71 bits per heavy atom. The maximum Gasteiger partial charge on any atom is 0.203 e. The fourth-order valence-corrected chi connectivity index (χ4v) is 3.58. The van der Waals surface area contributed by atoms with Gasteiger partial charge in [-0.05, 0) is 44.2 Å². The second-order valence-corrected chi connectivity index (χ2v) is 5.77. The van der Waals surface area contributed by atoms with Gasteiger partial charge in [-0.2, -0.15) is 0 Å². The van der Waals surface area contributed by atoms with E-state index in [4.69, 9.17) is 0 Å². The Kier molecular flexibility index (Phi) is 2.94. The van der Waals surface area contributed by atoms with E-state index in [1.165, 1.54) is 18.2 Å². The van der Waals surface area contributed by atoms with Crippen LogP contribution in [0.2, 0.25) is 0 Å². The molecule has 0 radical (unpaired) electrons. The maximum absolute atomic E-state index is 14.2. The van der Waals surface area contributed by atoms with Gasteiger partial charge >= 0.3 is 0 Å². The van der Waals surface area contributed by atoms with Crippen LogP contribution in [-0.4, -0.2) is 16.1 Å². The van der Waals surface area contributed by atoms with Crippen molar-refractivity contribution in [2.24, 2.45) is 0 Å². The van der Waals surface area contributed by atoms with Crippen molar-refractivity contribution in [3.63, 3.8) is 0 Å². The highest BCUT2D eigenvalue weighted by Crippen LogP contribution is 2.37. The lowest BCUT2D eigenvalue weighted by Gasteiger charge is -2.29. The van der Waals surface area contributed by atoms with Gasteiger partial charge in [-0.3, -0.25) is 0 Å². The Labute approximate surface area is 122 Å². The molecule has 1 aromatic heterocycles. The number of aromatic nitrogens is 2. The molecular formula is C16H17F2N3. The van der Waals surface area contributed by atoms with E-state index in [-0.39, 0.29) is 11.6 Å². The molecule has 1 aliphatic carbocycles. The van der Waals surface area contributed by atoms with Crippen molar-refractivity contribution < 1.29 is 8.78 Å². The van der Waals surface area contributed by atoms with Crippen LogP contribution in [0.4, 0.5) is 14.7 Å². The highest BCUT2D eigenvalue weighted by atomic mass is 19.1. The van der Waals surface area contributed by atoms with Gasteiger partial charge in [0.05, 0.1) is 11.7 Å². The molecule has 1 aromatic carbocycles. The molecule has 4 rings (SSSR count). The first-order valence-electron chi connectivity index (χ1n) is 7.53. The molecule has 0 spiro atoms. The fourth-order valence-electron chi connectivity index (χ4n) is 3.58. The van der Waals surface area contributed by atoms with Gasteiger partial charge in [0, 0.05) is 17.8 Å². The number of nitrogens with one attached hydrogen (secondary N) is 1. The molecule has 2 aromatic rings. The number of fused-ring (bicyclic) bond motifs is 3. The van der Waals surface area contributed by atoms with E-state index in [0.717, 1.165) is 43.0 Å². The lowest BCUT2D eigenvalue weighted by Crippen LogP contribution is -2.27. The van der Waals surface area contributed by atoms with Crippen molar-refractivity contribution in [1.29, 1.82) is 0 Å². The average molecular weight is 289 g/mol. The summed E-state index contributed by atoms with van der Waals surface area (Å²) in [7, 11) is 0. The number of hydrogen-bond donors (Lipinski definition) is 1. The largest absolute Gasteiger partial charge is 0.356 e. The predicted molar refractivity (Wildman–Crippen MR) is 76.5 cm³/mol. The molecule has 0 amide bonds. The summed E-state index contributed by atoms with van der Waals surface area (Å²) >= 11 is 0. The molecule has 2 aliphatic rings. The van der Waals surface area contributed by atoms with E-state index in [1.54, 1.807) is 0 Å². The highest BCUT2D eigenvalue weighted by Gasteiger charge is 2.31. The average Bonchev–Trinajstić information content (AvgIpc) is 2.86. The second-order valence-electron chi connectivity index (χ2n) is 5.77. The zero-order valence-corrected chi connectivity index (χ0v) is 11.7. The molecule has 21 heavy (non-hydrogen) atoms. The Balaban J connectivity index is 1.89. The van der Waals surface area contributed by atoms with Crippen molar-refractivity contribution in [3.8, 4) is 0 Å². The summed E-state index contributed by atoms with van der Waals surface area (Å²) < 4.78 is 30.4. The second kappa shape index (κ2) is 4.83. The topological polar surface area (TPSA) is 29.9 Å². The number of aryl methyl sites for hydroxylation is 1. The zero-order chi connectivity index (χ0) is 14.4. The molecule has 1 unspecified atom stereocenters. The van der Waals surface area contributed by atoms with Crippen molar-refractivity contribution in [3.05, 3.63) is 46.8 Å². The zero-order valence-electron chi connectivity index (χ0n) is 11.7. The first kappa shape index (κ1) is 12.8. The minimum absolute atomic E-state index is 0.172. The smallest absolute Gasteiger partial charge is 0.203 e. The molecule has 1 aliphatic heterocycles. The Morgan fingerprint density at radius 1 is 1.14 bits per heavy atom. The van der Waals surface area contributed by atoms with Gasteiger partial charge in [-0.1, -0.05) is 6.07 Å². The number of benzene rings is 1. The van der Waals surface area contributed by atoms with Gasteiger partial charge in [0.25, 0.3) is 0 Å². The molecule has 5 heteroatoms. The maximum atomic E-state index is 14.2. The van der Waals surface area contributed by atoms with Crippen LogP contribution in [-0.2, 0) is 12.8 Å². The predicted octanol–water partition coefficient (Wildman–Crippen LogP) is 3.45. The van der Waals surface area contributed by atoms with Crippen LogP contribution in [0.3, 0.4) is 0 Å². The van der Waals surface area contributed by atoms with Crippen LogP contribution >= 0.6 is 0 Å². The number of halogens is 2. The highest BCUT2D eigenvalue weighted by molar-refractivity contribution is 5.41. The Morgan fingerprint density at radius 2 is 1.90 bits per heavy atom. The Bertz CT molecular complexity index is 673. The SMILES string of the molecule is Fc1cccc(F)c1C1CCNc2nc3c(n21)CCCC3. The first-order valence-corrected chi connectivity index (χ1v) is 7.53. The molecule has 1 N–H and O–H groups in total. The Hall–Kier alpha value is -1.91. The van der Waals surface area contributed by atoms with Gasteiger partial charge in [-0.25, -0.2) is 13.8 Å². The summed E-state index contributed by atoms with van der Waals surface area (Å²) in [5, 5.41) is 3.27. The molecule has 2 heterocycles. The van der Waals surface area contributed by atoms with E-state index in [9.17, 15) is 8.78 Å². The third-order valence-electron chi connectivity index (χ3n) is 4.52. The minimum atomic E-state index is -0.467. The number of hydrogen-bond acceptors (Lipinski definition) is 2. The molecule has 0 saturated carbocycles. The third-order valence-corrected chi connectivity index (χ3v) is 4.52. The summed E-state index contributed by atoms with van der Waals surface area (Å²) in [5.74, 6) is -0.168. The standard InChI is InChI=1S/C16H17F2N3/c17-10-4-3-5-11(18)15(10)14-8-9-19-16-20-12-6-1-2-7-13(12)21(14)16/h3-5,14H,1-2,6-9H2,(H,19,20). The minimum Gasteiger partial charge on any atom is -0.356 e. The van der Waals surface area contributed by atoms with Crippen LogP contribution in [0.25, 0.3) is 0 Å². The van der Waals surface area contributed by atoms with E-state index in [2.05, 4.69) is 10.3 Å². The molecular weight excluding hydrogens is 272 g/mol. The summed E-state index contributed by atoms with van der Waals surface area (Å²) in [6, 6.07) is 3.80. The summed E-state index contributed by atoms with van der Waals surface area (Å²) in [6.45, 7) is 0.689. The molecule has 0 bridgehead atoms. The summed E-state index contributed by atoms with van der Waals surface area (Å²) in [4.78, 5) is 4.63. The molecule has 3 nitrogen and oxygen atoms in total. The van der Waals surface area contributed by atoms with Crippen molar-refractivity contribution >= 4 is 5.95 Å². The van der Waals surface area contributed by atoms with Crippen LogP contribution in [0.1, 0.15) is 42.3 Å². The lowest BCUT2D eigenvalue weighted by atomic mass is 9.97. The number of nitrogens with zero attached hydrogens (tertiary/aromatic N) is 2. The van der Waals surface area contributed by atoms with Crippen molar-refractivity contribution in [2.75, 3.05) is 11.9 Å². The van der Waals surface area contributed by atoms with Crippen LogP contribution in [0, 0.1) is 11.6 Å². The van der Waals surface area contributed by atoms with Crippen molar-refractivity contribution in [1.82, 2.24) is 9.55 Å². The molecule has 110 valence electrons. The normalized spacial score (nSPS) is 20.6. The van der Waals surface area contributed by atoms with Crippen LogP contribution in [0.5, 0.6) is 0 Å². The summed E-state index contributed by atoms with van der Waals surface area (Å²) in [6.07, 6.45) is 4.83. The number of anilines is 1. The number of rotatable bonds is 1. The van der Waals surface area contributed by atoms with Gasteiger partial charge in [-0.15, -0.1) is 0 Å². The first-order chi connectivity index (χ1) is 10.3. The van der Waals surface area contributed by atoms with Gasteiger partial charge in [0.1, 0.15) is 11.6 Å². The van der Waals surface area contributed by atoms with Crippen LogP contribution in [0.15, 0.2) is 18.2 Å². The van der Waals surface area contributed by atoms with Crippen molar-refractivity contribution in [2.45, 2.75) is 38.1 Å². The van der Waals surface area contributed by atoms with Crippen LogP contribution < -0.4 is 5.32 Å². The monoisotopic (exact) mass is 289 g/mol. The fraction of sp³-hybridized carbons (Fsp3) is 0.438. The van der Waals surface area contributed by atoms with Gasteiger partial charge < -0.3 is 9.88 Å². The molecule has 1 atom stereocenters. The quantitative estimate of drug-likeness (QED) is 0.871. The van der Waals surface area contributed by atoms with Gasteiger partial charge in [0.15, 0.2) is 0 Å². The van der Waals surface area contributed by atoms with E-state index in [0.29, 0.717) is 13.0 Å². The van der Waals surface area contributed by atoms with E-state index < -0.39 is 11.6 Å². The third kappa shape index (κ3) is 1.94. The summed E-state index contributed by atoms with van der Waals surface area (Å²) in [5.41, 5.74) is 2.41. The van der Waals surface area contributed by atoms with E-state index in [1.807, 2.05) is 4.57 Å². The lowest BCUT2D eigenvalue weighted by molar-refractivity contribution is 0.449. The van der Waals surface area contributed by atoms with Gasteiger partial charge in [0.2, 0.25) is 5.95 Å². The molecule has 0 fully saturated rings. The molecule has 0 saturated heterocycles.